The van der Waals surface area contributed by atoms with Crippen molar-refractivity contribution >= 4 is 32.6 Å². The monoisotopic (exact) mass is 397 g/mol. The summed E-state index contributed by atoms with van der Waals surface area (Å²) in [5.74, 6) is 0.253. The van der Waals surface area contributed by atoms with Crippen LogP contribution >= 0.6 is 0 Å². The fourth-order valence-electron chi connectivity index (χ4n) is 2.61. The van der Waals surface area contributed by atoms with Crippen molar-refractivity contribution in [2.45, 2.75) is 4.90 Å². The summed E-state index contributed by atoms with van der Waals surface area (Å²) >= 11 is 0. The van der Waals surface area contributed by atoms with E-state index in [1.807, 2.05) is 0 Å². The van der Waals surface area contributed by atoms with Crippen LogP contribution in [-0.2, 0) is 10.0 Å². The number of anilines is 1. The summed E-state index contributed by atoms with van der Waals surface area (Å²) in [7, 11) is -4.13. The Kier molecular flexibility index (Phi) is 4.20. The molecule has 0 fully saturated rings. The number of aromatic nitrogens is 4. The Morgan fingerprint density at radius 3 is 2.50 bits per heavy atom. The molecule has 11 heteroatoms. The molecule has 140 valence electrons. The van der Waals surface area contributed by atoms with Gasteiger partial charge in [0.1, 0.15) is 11.7 Å². The number of fused-ring (bicyclic) bond motifs is 1. The molecule has 10 nitrogen and oxygen atoms in total. The zero-order valence-electron chi connectivity index (χ0n) is 14.2. The Labute approximate surface area is 158 Å². The van der Waals surface area contributed by atoms with E-state index in [-0.39, 0.29) is 22.2 Å². The van der Waals surface area contributed by atoms with Gasteiger partial charge in [0.25, 0.3) is 15.7 Å². The molecule has 0 spiro atoms. The van der Waals surface area contributed by atoms with Crippen LogP contribution in [-0.4, -0.2) is 28.3 Å². The summed E-state index contributed by atoms with van der Waals surface area (Å²) in [5.41, 5.74) is 0.760. The molecule has 28 heavy (non-hydrogen) atoms. The highest BCUT2D eigenvalue weighted by Crippen LogP contribution is 2.22. The molecular weight excluding hydrogens is 384 g/mol. The molecular formula is C17H13N6O4S+. The highest BCUT2D eigenvalue weighted by atomic mass is 32.2. The lowest BCUT2D eigenvalue weighted by atomic mass is 10.3. The van der Waals surface area contributed by atoms with Crippen LogP contribution in [0.5, 0.6) is 0 Å². The molecule has 4 aromatic rings. The van der Waals surface area contributed by atoms with Gasteiger partial charge >= 0.3 is 5.82 Å². The van der Waals surface area contributed by atoms with Crippen molar-refractivity contribution in [3.8, 4) is 5.82 Å². The molecule has 0 saturated carbocycles. The van der Waals surface area contributed by atoms with Crippen molar-refractivity contribution in [3.63, 3.8) is 0 Å². The average molecular weight is 397 g/mol. The number of nitro groups is 1. The first-order valence-electron chi connectivity index (χ1n) is 8.02. The van der Waals surface area contributed by atoms with E-state index < -0.39 is 14.9 Å². The molecule has 0 aliphatic rings. The van der Waals surface area contributed by atoms with Gasteiger partial charge in [0.05, 0.1) is 16.0 Å². The second-order valence-electron chi connectivity index (χ2n) is 5.76. The molecule has 0 unspecified atom stereocenters. The Bertz CT molecular complexity index is 1290. The quantitative estimate of drug-likeness (QED) is 0.300. The largest absolute Gasteiger partial charge is 0.311 e. The third-order valence-corrected chi connectivity index (χ3v) is 5.25. The fraction of sp³-hybridized carbons (Fsp3) is 0. The van der Waals surface area contributed by atoms with Gasteiger partial charge in [0.2, 0.25) is 5.82 Å². The van der Waals surface area contributed by atoms with Crippen LogP contribution in [0.15, 0.2) is 72.1 Å². The minimum absolute atomic E-state index is 0.00481. The first kappa shape index (κ1) is 17.5. The lowest BCUT2D eigenvalue weighted by Gasteiger charge is -2.09. The van der Waals surface area contributed by atoms with Crippen LogP contribution in [0.1, 0.15) is 0 Å². The molecule has 0 aliphatic heterocycles. The number of aromatic amines is 1. The van der Waals surface area contributed by atoms with Gasteiger partial charge in [0.15, 0.2) is 11.8 Å². The predicted molar refractivity (Wildman–Crippen MR) is 99.3 cm³/mol. The maximum absolute atomic E-state index is 12.8. The maximum atomic E-state index is 12.8. The molecule has 2 N–H and O–H groups in total. The molecule has 0 radical (unpaired) electrons. The Balaban J connectivity index is 1.83. The zero-order chi connectivity index (χ0) is 19.7. The lowest BCUT2D eigenvalue weighted by Crippen LogP contribution is -2.31. The normalized spacial score (nSPS) is 11.4. The molecule has 2 aromatic heterocycles. The number of nitro benzene ring substituents is 1. The first-order valence-corrected chi connectivity index (χ1v) is 9.51. The highest BCUT2D eigenvalue weighted by molar-refractivity contribution is 7.92. The van der Waals surface area contributed by atoms with Crippen LogP contribution in [0.2, 0.25) is 0 Å². The Morgan fingerprint density at radius 1 is 1.07 bits per heavy atom. The van der Waals surface area contributed by atoms with Crippen molar-refractivity contribution in [2.75, 3.05) is 4.72 Å². The second kappa shape index (κ2) is 6.70. The van der Waals surface area contributed by atoms with Crippen LogP contribution in [0.3, 0.4) is 0 Å². The number of nitrogens with one attached hydrogen (secondary N) is 2. The van der Waals surface area contributed by atoms with Gasteiger partial charge in [-0.1, -0.05) is 23.2 Å². The van der Waals surface area contributed by atoms with E-state index in [4.69, 9.17) is 0 Å². The fourth-order valence-corrected chi connectivity index (χ4v) is 3.65. The van der Waals surface area contributed by atoms with E-state index in [1.54, 1.807) is 47.6 Å². The SMILES string of the molecule is O=[N+]([O-])c1cccc(S(=O)(=O)Nc2nc3ccccc3nc2-[n+]2cc[nH]c2)c1. The molecule has 2 heterocycles. The average Bonchev–Trinajstić information content (AvgIpc) is 3.22. The summed E-state index contributed by atoms with van der Waals surface area (Å²) < 4.78 is 29.6. The molecule has 2 aromatic carbocycles. The Morgan fingerprint density at radius 2 is 1.82 bits per heavy atom. The number of hydrogen-bond donors (Lipinski definition) is 2. The van der Waals surface area contributed by atoms with Gasteiger partial charge in [-0.2, -0.15) is 0 Å². The number of non-ortho nitro benzene ring substituents is 1. The second-order valence-corrected chi connectivity index (χ2v) is 7.45. The predicted octanol–water partition coefficient (Wildman–Crippen LogP) is 1.94. The van der Waals surface area contributed by atoms with E-state index in [0.29, 0.717) is 11.0 Å². The molecule has 0 amide bonds. The number of para-hydroxylation sites is 2. The number of nitrogens with zero attached hydrogens (tertiary/aromatic N) is 4. The smallest absolute Gasteiger partial charge is 0.283 e. The van der Waals surface area contributed by atoms with Crippen LogP contribution in [0.4, 0.5) is 11.5 Å². The molecule has 0 aliphatic carbocycles. The Hall–Kier alpha value is -3.86. The standard InChI is InChI=1S/C17H12N6O4S/c24-23(25)12-4-3-5-13(10-12)28(26,27)21-16-17(22-9-8-18-11-22)20-15-7-2-1-6-14(15)19-16/h1-11H,(H,19,21)/p+1. The van der Waals surface area contributed by atoms with Crippen LogP contribution < -0.4 is 9.29 Å². The van der Waals surface area contributed by atoms with Crippen molar-refractivity contribution in [3.05, 3.63) is 77.4 Å². The highest BCUT2D eigenvalue weighted by Gasteiger charge is 2.24. The number of benzene rings is 2. The number of hydrogen-bond acceptors (Lipinski definition) is 6. The molecule has 0 bridgehead atoms. The van der Waals surface area contributed by atoms with E-state index in [1.165, 1.54) is 18.2 Å². The number of rotatable bonds is 5. The van der Waals surface area contributed by atoms with Crippen molar-refractivity contribution in [1.82, 2.24) is 15.0 Å². The van der Waals surface area contributed by atoms with Crippen LogP contribution in [0, 0.1) is 10.1 Å². The van der Waals surface area contributed by atoms with Crippen molar-refractivity contribution in [1.29, 1.82) is 0 Å². The topological polar surface area (TPSA) is 135 Å². The molecule has 4 rings (SSSR count). The van der Waals surface area contributed by atoms with E-state index in [2.05, 4.69) is 19.7 Å². The molecule has 0 saturated heterocycles. The van der Waals surface area contributed by atoms with Crippen molar-refractivity contribution < 1.29 is 17.9 Å². The maximum Gasteiger partial charge on any atom is 0.311 e. The summed E-state index contributed by atoms with van der Waals surface area (Å²) in [5, 5.41) is 11.0. The minimum Gasteiger partial charge on any atom is -0.283 e. The summed E-state index contributed by atoms with van der Waals surface area (Å²) in [6.07, 6.45) is 4.89. The van der Waals surface area contributed by atoms with Gasteiger partial charge in [-0.25, -0.2) is 18.0 Å². The number of imidazole rings is 1. The summed E-state index contributed by atoms with van der Waals surface area (Å²) in [4.78, 5) is 21.8. The van der Waals surface area contributed by atoms with Gasteiger partial charge in [-0.05, 0) is 18.2 Å². The van der Waals surface area contributed by atoms with Crippen LogP contribution in [0.25, 0.3) is 16.9 Å². The first-order chi connectivity index (χ1) is 13.4. The van der Waals surface area contributed by atoms with E-state index in [0.717, 1.165) is 6.07 Å². The molecule has 0 atom stereocenters. The minimum atomic E-state index is -4.13. The van der Waals surface area contributed by atoms with Crippen molar-refractivity contribution in [2.24, 2.45) is 0 Å². The zero-order valence-corrected chi connectivity index (χ0v) is 15.0. The summed E-state index contributed by atoms with van der Waals surface area (Å²) in [6.45, 7) is 0. The van der Waals surface area contributed by atoms with E-state index >= 15 is 0 Å². The third kappa shape index (κ3) is 3.25. The summed E-state index contributed by atoms with van der Waals surface area (Å²) in [6, 6.07) is 11.8. The van der Waals surface area contributed by atoms with Gasteiger partial charge in [0, 0.05) is 12.1 Å². The number of sulfonamides is 1. The lowest BCUT2D eigenvalue weighted by molar-refractivity contribution is -0.597. The number of H-pyrrole nitrogens is 1. The van der Waals surface area contributed by atoms with E-state index in [9.17, 15) is 18.5 Å². The van der Waals surface area contributed by atoms with Gasteiger partial charge in [-0.3, -0.25) is 19.8 Å². The van der Waals surface area contributed by atoms with Gasteiger partial charge < -0.3 is 0 Å². The van der Waals surface area contributed by atoms with Gasteiger partial charge in [-0.15, -0.1) is 0 Å². The third-order valence-electron chi connectivity index (χ3n) is 3.91.